The van der Waals surface area contributed by atoms with E-state index in [0.717, 1.165) is 11.1 Å². The highest BCUT2D eigenvalue weighted by atomic mass is 16.5. The van der Waals surface area contributed by atoms with Crippen molar-refractivity contribution in [3.8, 4) is 5.75 Å². The normalized spacial score (nSPS) is 11.3. The number of carboxylic acids is 1. The summed E-state index contributed by atoms with van der Waals surface area (Å²) in [5.74, 6) is -0.544. The minimum Gasteiger partial charge on any atom is -0.488 e. The number of nitrogens with one attached hydrogen (secondary N) is 1. The van der Waals surface area contributed by atoms with Gasteiger partial charge in [0.2, 0.25) is 0 Å². The van der Waals surface area contributed by atoms with Crippen molar-refractivity contribution in [2.45, 2.75) is 53.2 Å². The van der Waals surface area contributed by atoms with Crippen molar-refractivity contribution in [2.24, 2.45) is 0 Å². The van der Waals surface area contributed by atoms with E-state index < -0.39 is 5.97 Å². The van der Waals surface area contributed by atoms with E-state index in [1.165, 1.54) is 6.26 Å². The van der Waals surface area contributed by atoms with Crippen LogP contribution in [0.1, 0.15) is 53.6 Å². The van der Waals surface area contributed by atoms with Gasteiger partial charge < -0.3 is 19.6 Å². The maximum Gasteiger partial charge on any atom is 0.311 e. The Morgan fingerprint density at radius 1 is 1.23 bits per heavy atom. The molecule has 0 fully saturated rings. The summed E-state index contributed by atoms with van der Waals surface area (Å²) in [4.78, 5) is 23.5. The number of ether oxygens (including phenoxy) is 1. The van der Waals surface area contributed by atoms with Crippen LogP contribution < -0.4 is 10.1 Å². The van der Waals surface area contributed by atoms with Gasteiger partial charge >= 0.3 is 5.97 Å². The van der Waals surface area contributed by atoms with Gasteiger partial charge in [0.15, 0.2) is 0 Å². The third-order valence-electron chi connectivity index (χ3n) is 3.67. The summed E-state index contributed by atoms with van der Waals surface area (Å²) in [6.45, 7) is 9.84. The number of carboxylic acid groups (broad SMARTS) is 1. The molecule has 6 nitrogen and oxygen atoms in total. The third kappa shape index (κ3) is 5.12. The van der Waals surface area contributed by atoms with Gasteiger partial charge in [0, 0.05) is 17.7 Å². The van der Waals surface area contributed by atoms with Crippen molar-refractivity contribution in [1.82, 2.24) is 5.32 Å². The number of carbonyl (C=O) groups excluding carboxylic acids is 1. The van der Waals surface area contributed by atoms with Crippen molar-refractivity contribution >= 4 is 11.9 Å². The maximum atomic E-state index is 12.6. The summed E-state index contributed by atoms with van der Waals surface area (Å²) in [6.07, 6.45) is 1.06. The zero-order valence-corrected chi connectivity index (χ0v) is 15.8. The van der Waals surface area contributed by atoms with E-state index >= 15 is 0 Å². The van der Waals surface area contributed by atoms with Gasteiger partial charge in [-0.25, -0.2) is 0 Å². The second-order valence-electron chi connectivity index (χ2n) is 7.30. The number of amides is 1. The summed E-state index contributed by atoms with van der Waals surface area (Å²) >= 11 is 0. The quantitative estimate of drug-likeness (QED) is 0.822. The lowest BCUT2D eigenvalue weighted by Gasteiger charge is -2.24. The largest absolute Gasteiger partial charge is 0.488 e. The summed E-state index contributed by atoms with van der Waals surface area (Å²) in [5.41, 5.74) is 2.43. The van der Waals surface area contributed by atoms with Crippen LogP contribution in [0.4, 0.5) is 0 Å². The van der Waals surface area contributed by atoms with Crippen LogP contribution in [0.3, 0.4) is 0 Å². The Labute approximate surface area is 153 Å². The SMILES string of the molecule is Cc1ccc(CNC(=O)c2c(C)coc2CC(=O)O)c(OC(C)(C)C)c1. The monoisotopic (exact) mass is 359 g/mol. The lowest BCUT2D eigenvalue weighted by atomic mass is 10.1. The van der Waals surface area contributed by atoms with E-state index in [1.807, 2.05) is 45.9 Å². The second-order valence-corrected chi connectivity index (χ2v) is 7.30. The standard InChI is InChI=1S/C20H25NO5/c1-12-6-7-14(15(8-12)26-20(3,4)5)10-21-19(24)18-13(2)11-25-16(18)9-17(22)23/h6-8,11H,9-10H2,1-5H3,(H,21,24)(H,22,23). The van der Waals surface area contributed by atoms with E-state index in [2.05, 4.69) is 5.32 Å². The molecule has 0 atom stereocenters. The smallest absolute Gasteiger partial charge is 0.311 e. The fourth-order valence-corrected chi connectivity index (χ4v) is 2.57. The molecule has 140 valence electrons. The first-order valence-electron chi connectivity index (χ1n) is 8.42. The minimum absolute atomic E-state index is 0.155. The average Bonchev–Trinajstić information content (AvgIpc) is 2.84. The molecule has 1 heterocycles. The van der Waals surface area contributed by atoms with Gasteiger partial charge in [0.25, 0.3) is 5.91 Å². The van der Waals surface area contributed by atoms with Crippen LogP contribution in [0.5, 0.6) is 5.75 Å². The predicted octanol–water partition coefficient (Wildman–Crippen LogP) is 3.63. The number of rotatable bonds is 6. The Hall–Kier alpha value is -2.76. The Morgan fingerprint density at radius 2 is 1.92 bits per heavy atom. The van der Waals surface area contributed by atoms with Gasteiger partial charge in [-0.05, 0) is 46.2 Å². The molecule has 0 saturated carbocycles. The first-order valence-corrected chi connectivity index (χ1v) is 8.42. The molecule has 1 aromatic carbocycles. The van der Waals surface area contributed by atoms with Gasteiger partial charge in [0.1, 0.15) is 23.5 Å². The van der Waals surface area contributed by atoms with E-state index in [0.29, 0.717) is 11.3 Å². The van der Waals surface area contributed by atoms with Crippen molar-refractivity contribution in [3.05, 3.63) is 52.5 Å². The van der Waals surface area contributed by atoms with Crippen molar-refractivity contribution in [2.75, 3.05) is 0 Å². The first-order chi connectivity index (χ1) is 12.1. The van der Waals surface area contributed by atoms with Crippen LogP contribution in [-0.4, -0.2) is 22.6 Å². The lowest BCUT2D eigenvalue weighted by Crippen LogP contribution is -2.27. The maximum absolute atomic E-state index is 12.6. The highest BCUT2D eigenvalue weighted by Crippen LogP contribution is 2.25. The summed E-state index contributed by atoms with van der Waals surface area (Å²) in [7, 11) is 0. The molecule has 0 aliphatic rings. The van der Waals surface area contributed by atoms with Crippen LogP contribution in [0.2, 0.25) is 0 Å². The number of furan rings is 1. The molecule has 1 aromatic heterocycles. The molecule has 0 aliphatic carbocycles. The summed E-state index contributed by atoms with van der Waals surface area (Å²) < 4.78 is 11.2. The zero-order valence-electron chi connectivity index (χ0n) is 15.8. The van der Waals surface area contributed by atoms with Crippen molar-refractivity contribution < 1.29 is 23.8 Å². The van der Waals surface area contributed by atoms with Crippen LogP contribution in [0, 0.1) is 13.8 Å². The van der Waals surface area contributed by atoms with Gasteiger partial charge in [-0.1, -0.05) is 12.1 Å². The fraction of sp³-hybridized carbons (Fsp3) is 0.400. The molecule has 0 aliphatic heterocycles. The van der Waals surface area contributed by atoms with Gasteiger partial charge in [-0.3, -0.25) is 9.59 Å². The van der Waals surface area contributed by atoms with E-state index in [1.54, 1.807) is 6.92 Å². The summed E-state index contributed by atoms with van der Waals surface area (Å²) in [6, 6.07) is 5.80. The molecular weight excluding hydrogens is 334 g/mol. The predicted molar refractivity (Wildman–Crippen MR) is 97.5 cm³/mol. The number of aliphatic carboxylic acids is 1. The number of hydrogen-bond donors (Lipinski definition) is 2. The van der Waals surface area contributed by atoms with Crippen LogP contribution in [0.15, 0.2) is 28.9 Å². The van der Waals surface area contributed by atoms with Crippen molar-refractivity contribution in [1.29, 1.82) is 0 Å². The molecule has 0 saturated heterocycles. The first kappa shape index (κ1) is 19.6. The second kappa shape index (κ2) is 7.64. The zero-order chi connectivity index (χ0) is 19.5. The van der Waals surface area contributed by atoms with E-state index in [-0.39, 0.29) is 35.8 Å². The molecule has 0 unspecified atom stereocenters. The van der Waals surface area contributed by atoms with Crippen LogP contribution >= 0.6 is 0 Å². The Bertz CT molecular complexity index is 814. The molecule has 2 N–H and O–H groups in total. The number of benzene rings is 1. The third-order valence-corrected chi connectivity index (χ3v) is 3.67. The van der Waals surface area contributed by atoms with Crippen LogP contribution in [0.25, 0.3) is 0 Å². The average molecular weight is 359 g/mol. The lowest BCUT2D eigenvalue weighted by molar-refractivity contribution is -0.136. The Morgan fingerprint density at radius 3 is 2.54 bits per heavy atom. The van der Waals surface area contributed by atoms with Gasteiger partial charge in [-0.2, -0.15) is 0 Å². The van der Waals surface area contributed by atoms with E-state index in [4.69, 9.17) is 14.3 Å². The molecule has 26 heavy (non-hydrogen) atoms. The highest BCUT2D eigenvalue weighted by Gasteiger charge is 2.21. The van der Waals surface area contributed by atoms with Crippen LogP contribution in [-0.2, 0) is 17.8 Å². The molecule has 0 radical (unpaired) electrons. The molecule has 0 bridgehead atoms. The molecule has 0 spiro atoms. The Kier molecular flexibility index (Phi) is 5.75. The van der Waals surface area contributed by atoms with Crippen molar-refractivity contribution in [3.63, 3.8) is 0 Å². The molecule has 6 heteroatoms. The molecular formula is C20H25NO5. The number of carbonyl (C=O) groups is 2. The molecule has 2 rings (SSSR count). The van der Waals surface area contributed by atoms with Gasteiger partial charge in [-0.15, -0.1) is 0 Å². The molecule has 1 amide bonds. The molecule has 2 aromatic rings. The highest BCUT2D eigenvalue weighted by molar-refractivity contribution is 5.97. The van der Waals surface area contributed by atoms with E-state index in [9.17, 15) is 9.59 Å². The summed E-state index contributed by atoms with van der Waals surface area (Å²) in [5, 5.41) is 11.8. The van der Waals surface area contributed by atoms with Gasteiger partial charge in [0.05, 0.1) is 11.8 Å². The number of aryl methyl sites for hydroxylation is 2. The minimum atomic E-state index is -1.05. The Balaban J connectivity index is 2.18. The number of hydrogen-bond acceptors (Lipinski definition) is 4. The topological polar surface area (TPSA) is 88.8 Å². The fourth-order valence-electron chi connectivity index (χ4n) is 2.57.